The molecular formula is C37H71O8P. The lowest BCUT2D eigenvalue weighted by Gasteiger charge is -2.18. The first-order valence-corrected chi connectivity index (χ1v) is 20.5. The van der Waals surface area contributed by atoms with Gasteiger partial charge < -0.3 is 19.3 Å². The van der Waals surface area contributed by atoms with E-state index < -0.39 is 32.5 Å². The van der Waals surface area contributed by atoms with Gasteiger partial charge in [-0.05, 0) is 38.5 Å². The molecule has 0 heterocycles. The van der Waals surface area contributed by atoms with Gasteiger partial charge in [0.1, 0.15) is 6.61 Å². The molecule has 0 aliphatic carbocycles. The van der Waals surface area contributed by atoms with Crippen LogP contribution >= 0.6 is 7.82 Å². The minimum absolute atomic E-state index is 0.211. The first kappa shape index (κ1) is 44.8. The summed E-state index contributed by atoms with van der Waals surface area (Å²) in [7, 11) is -4.74. The molecule has 0 amide bonds. The fraction of sp³-hybridized carbons (Fsp3) is 0.892. The lowest BCUT2D eigenvalue weighted by molar-refractivity contribution is -0.161. The van der Waals surface area contributed by atoms with E-state index in [4.69, 9.17) is 19.3 Å². The number of unbranched alkanes of at least 4 members (excludes halogenated alkanes) is 23. The van der Waals surface area contributed by atoms with Crippen LogP contribution in [-0.2, 0) is 28.2 Å². The van der Waals surface area contributed by atoms with Crippen LogP contribution < -0.4 is 0 Å². The summed E-state index contributed by atoms with van der Waals surface area (Å²) < 4.78 is 26.3. The van der Waals surface area contributed by atoms with E-state index in [1.54, 1.807) is 0 Å². The first-order chi connectivity index (χ1) is 22.3. The van der Waals surface area contributed by atoms with Crippen LogP contribution in [0.4, 0.5) is 0 Å². The maximum Gasteiger partial charge on any atom is 0.469 e. The molecule has 8 nitrogen and oxygen atoms in total. The third-order valence-electron chi connectivity index (χ3n) is 8.28. The molecule has 0 aliphatic rings. The van der Waals surface area contributed by atoms with Crippen molar-refractivity contribution in [3.8, 4) is 0 Å². The van der Waals surface area contributed by atoms with Gasteiger partial charge in [0.25, 0.3) is 0 Å². The SMILES string of the molecule is CCCCCCC=CCCCCCCCCCC(=O)O[C@H](COC(=O)CCCCCCCCCCCCCCC)COP(=O)(O)O. The zero-order chi connectivity index (χ0) is 34.0. The number of rotatable bonds is 35. The van der Waals surface area contributed by atoms with Gasteiger partial charge in [0.2, 0.25) is 0 Å². The van der Waals surface area contributed by atoms with E-state index in [1.165, 1.54) is 116 Å². The summed E-state index contributed by atoms with van der Waals surface area (Å²) in [4.78, 5) is 42.7. The molecule has 272 valence electrons. The quantitative estimate of drug-likeness (QED) is 0.0295. The second-order valence-corrected chi connectivity index (χ2v) is 14.1. The summed E-state index contributed by atoms with van der Waals surface area (Å²) in [5.41, 5.74) is 0. The van der Waals surface area contributed by atoms with Crippen LogP contribution in [-0.4, -0.2) is 41.0 Å². The molecule has 0 aliphatic heterocycles. The van der Waals surface area contributed by atoms with Crippen molar-refractivity contribution < 1.29 is 37.9 Å². The van der Waals surface area contributed by atoms with E-state index in [-0.39, 0.29) is 19.4 Å². The van der Waals surface area contributed by atoms with Crippen LogP contribution in [0.5, 0.6) is 0 Å². The Morgan fingerprint density at radius 3 is 1.35 bits per heavy atom. The lowest BCUT2D eigenvalue weighted by Crippen LogP contribution is -2.29. The Bertz CT molecular complexity index is 766. The van der Waals surface area contributed by atoms with Crippen LogP contribution in [0.3, 0.4) is 0 Å². The maximum atomic E-state index is 12.3. The number of phosphoric ester groups is 1. The zero-order valence-corrected chi connectivity index (χ0v) is 30.6. The number of ether oxygens (including phenoxy) is 2. The van der Waals surface area contributed by atoms with Crippen LogP contribution in [0.15, 0.2) is 12.2 Å². The van der Waals surface area contributed by atoms with Gasteiger partial charge >= 0.3 is 19.8 Å². The number of hydrogen-bond acceptors (Lipinski definition) is 6. The van der Waals surface area contributed by atoms with Crippen LogP contribution in [0.25, 0.3) is 0 Å². The normalized spacial score (nSPS) is 12.5. The fourth-order valence-electron chi connectivity index (χ4n) is 5.43. The second kappa shape index (κ2) is 33.7. The molecule has 0 spiro atoms. The summed E-state index contributed by atoms with van der Waals surface area (Å²) in [6.45, 7) is 3.67. The van der Waals surface area contributed by atoms with Crippen LogP contribution in [0.1, 0.15) is 194 Å². The molecular weight excluding hydrogens is 603 g/mol. The van der Waals surface area contributed by atoms with E-state index >= 15 is 0 Å². The predicted molar refractivity (Wildman–Crippen MR) is 189 cm³/mol. The predicted octanol–water partition coefficient (Wildman–Crippen LogP) is 11.1. The Hall–Kier alpha value is -1.21. The lowest BCUT2D eigenvalue weighted by atomic mass is 10.0. The molecule has 1 atom stereocenters. The minimum Gasteiger partial charge on any atom is -0.462 e. The molecule has 0 saturated heterocycles. The summed E-state index contributed by atoms with van der Waals surface area (Å²) >= 11 is 0. The molecule has 2 N–H and O–H groups in total. The van der Waals surface area contributed by atoms with Crippen molar-refractivity contribution in [2.75, 3.05) is 13.2 Å². The summed E-state index contributed by atoms with van der Waals surface area (Å²) in [6, 6.07) is 0. The highest BCUT2D eigenvalue weighted by Gasteiger charge is 2.22. The highest BCUT2D eigenvalue weighted by molar-refractivity contribution is 7.46. The van der Waals surface area contributed by atoms with Crippen molar-refractivity contribution in [1.82, 2.24) is 0 Å². The molecule has 0 aromatic carbocycles. The van der Waals surface area contributed by atoms with Gasteiger partial charge in [-0.3, -0.25) is 14.1 Å². The second-order valence-electron chi connectivity index (χ2n) is 12.9. The number of esters is 2. The average molecular weight is 675 g/mol. The van der Waals surface area contributed by atoms with Crippen LogP contribution in [0, 0.1) is 0 Å². The molecule has 0 aromatic heterocycles. The molecule has 0 rings (SSSR count). The monoisotopic (exact) mass is 674 g/mol. The highest BCUT2D eigenvalue weighted by atomic mass is 31.2. The summed E-state index contributed by atoms with van der Waals surface area (Å²) in [5, 5.41) is 0. The molecule has 0 bridgehead atoms. The number of phosphoric acid groups is 1. The first-order valence-electron chi connectivity index (χ1n) is 19.0. The Morgan fingerprint density at radius 1 is 0.543 bits per heavy atom. The largest absolute Gasteiger partial charge is 0.469 e. The number of carbonyl (C=O) groups is 2. The van der Waals surface area contributed by atoms with Crippen LogP contribution in [0.2, 0.25) is 0 Å². The van der Waals surface area contributed by atoms with Gasteiger partial charge in [-0.1, -0.05) is 154 Å². The highest BCUT2D eigenvalue weighted by Crippen LogP contribution is 2.36. The Kier molecular flexibility index (Phi) is 32.8. The molecule has 0 radical (unpaired) electrons. The van der Waals surface area contributed by atoms with Crippen molar-refractivity contribution in [3.63, 3.8) is 0 Å². The smallest absolute Gasteiger partial charge is 0.462 e. The molecule has 0 unspecified atom stereocenters. The third-order valence-corrected chi connectivity index (χ3v) is 8.77. The third kappa shape index (κ3) is 35.6. The van der Waals surface area contributed by atoms with E-state index in [1.807, 2.05) is 0 Å². The van der Waals surface area contributed by atoms with Gasteiger partial charge in [0.05, 0.1) is 6.61 Å². The van der Waals surface area contributed by atoms with Gasteiger partial charge in [-0.15, -0.1) is 0 Å². The molecule has 9 heteroatoms. The van der Waals surface area contributed by atoms with E-state index in [0.29, 0.717) is 6.42 Å². The average Bonchev–Trinajstić information content (AvgIpc) is 3.02. The van der Waals surface area contributed by atoms with Gasteiger partial charge in [-0.25, -0.2) is 4.57 Å². The Labute approximate surface area is 282 Å². The van der Waals surface area contributed by atoms with Crippen molar-refractivity contribution in [1.29, 1.82) is 0 Å². The standard InChI is InChI=1S/C37H71O8P/c1-3-5-7-9-11-13-15-17-18-20-22-24-26-28-30-32-37(39)45-35(34-44-46(40,41)42)33-43-36(38)31-29-27-25-23-21-19-16-14-12-10-8-6-4-2/h13,15,35H,3-12,14,16-34H2,1-2H3,(H2,40,41,42)/t35-/m1/s1. The molecule has 0 saturated carbocycles. The van der Waals surface area contributed by atoms with E-state index in [0.717, 1.165) is 44.9 Å². The Morgan fingerprint density at radius 2 is 0.913 bits per heavy atom. The van der Waals surface area contributed by atoms with E-state index in [9.17, 15) is 14.2 Å². The number of hydrogen-bond donors (Lipinski definition) is 2. The number of allylic oxidation sites excluding steroid dienone is 2. The molecule has 46 heavy (non-hydrogen) atoms. The fourth-order valence-corrected chi connectivity index (χ4v) is 5.79. The van der Waals surface area contributed by atoms with Crippen molar-refractivity contribution in [3.05, 3.63) is 12.2 Å². The van der Waals surface area contributed by atoms with Crippen molar-refractivity contribution in [2.45, 2.75) is 200 Å². The van der Waals surface area contributed by atoms with Crippen molar-refractivity contribution in [2.24, 2.45) is 0 Å². The minimum atomic E-state index is -4.74. The Balaban J connectivity index is 3.94. The molecule has 0 aromatic rings. The van der Waals surface area contributed by atoms with E-state index in [2.05, 4.69) is 30.5 Å². The topological polar surface area (TPSA) is 119 Å². The summed E-state index contributed by atoms with van der Waals surface area (Å²) in [6.07, 6.45) is 35.0. The van der Waals surface area contributed by atoms with Gasteiger partial charge in [0, 0.05) is 12.8 Å². The zero-order valence-electron chi connectivity index (χ0n) is 29.7. The van der Waals surface area contributed by atoms with Crippen molar-refractivity contribution >= 4 is 19.8 Å². The summed E-state index contributed by atoms with van der Waals surface area (Å²) in [5.74, 6) is -0.882. The van der Waals surface area contributed by atoms with Gasteiger partial charge in [0.15, 0.2) is 6.10 Å². The van der Waals surface area contributed by atoms with Gasteiger partial charge in [-0.2, -0.15) is 0 Å². The number of carbonyl (C=O) groups excluding carboxylic acids is 2. The maximum absolute atomic E-state index is 12.3. The molecule has 0 fully saturated rings.